The van der Waals surface area contributed by atoms with Crippen LogP contribution in [0.2, 0.25) is 0 Å². The number of rotatable bonds is 3. The standard InChI is InChI=1S/C18H12O5/c19-17-13(8-11-4-2-1-3-5-11)16(18(20)23-17)12-6-7-14-15(9-12)22-10-21-14/h1-7,9H,8,10H2. The molecule has 2 aromatic rings. The number of carbonyl (C=O) groups is 2. The maximum atomic E-state index is 12.1. The van der Waals surface area contributed by atoms with Gasteiger partial charge in [-0.1, -0.05) is 36.4 Å². The van der Waals surface area contributed by atoms with E-state index in [0.29, 0.717) is 29.1 Å². The summed E-state index contributed by atoms with van der Waals surface area (Å²) in [6.45, 7) is 0.151. The molecular weight excluding hydrogens is 296 g/mol. The van der Waals surface area contributed by atoms with E-state index < -0.39 is 11.9 Å². The highest BCUT2D eigenvalue weighted by atomic mass is 16.7. The first-order chi connectivity index (χ1) is 11.2. The van der Waals surface area contributed by atoms with E-state index in [1.807, 2.05) is 30.3 Å². The summed E-state index contributed by atoms with van der Waals surface area (Å²) in [6.07, 6.45) is 0.342. The van der Waals surface area contributed by atoms with E-state index in [2.05, 4.69) is 0 Å². The molecule has 0 bridgehead atoms. The molecule has 5 nitrogen and oxygen atoms in total. The Morgan fingerprint density at radius 1 is 0.870 bits per heavy atom. The molecule has 0 fully saturated rings. The zero-order valence-corrected chi connectivity index (χ0v) is 12.1. The highest BCUT2D eigenvalue weighted by molar-refractivity contribution is 6.31. The average Bonchev–Trinajstić information content (AvgIpc) is 3.12. The second-order valence-electron chi connectivity index (χ2n) is 5.26. The monoisotopic (exact) mass is 308 g/mol. The third-order valence-electron chi connectivity index (χ3n) is 3.82. The van der Waals surface area contributed by atoms with Crippen molar-refractivity contribution >= 4 is 17.5 Å². The normalized spacial score (nSPS) is 16.0. The predicted molar refractivity (Wildman–Crippen MR) is 80.7 cm³/mol. The van der Waals surface area contributed by atoms with Crippen LogP contribution in [0.4, 0.5) is 0 Å². The highest BCUT2D eigenvalue weighted by Crippen LogP contribution is 2.37. The van der Waals surface area contributed by atoms with Gasteiger partial charge in [-0.25, -0.2) is 9.59 Å². The Kier molecular flexibility index (Phi) is 3.12. The molecule has 0 unspecified atom stereocenters. The van der Waals surface area contributed by atoms with Crippen molar-refractivity contribution in [3.05, 3.63) is 65.2 Å². The molecule has 0 aromatic heterocycles. The quantitative estimate of drug-likeness (QED) is 0.644. The largest absolute Gasteiger partial charge is 0.454 e. The summed E-state index contributed by atoms with van der Waals surface area (Å²) in [7, 11) is 0. The first-order valence-electron chi connectivity index (χ1n) is 7.16. The molecule has 2 aromatic carbocycles. The molecule has 2 aliphatic rings. The average molecular weight is 308 g/mol. The Balaban J connectivity index is 1.78. The molecule has 0 N–H and O–H groups in total. The summed E-state index contributed by atoms with van der Waals surface area (Å²) < 4.78 is 15.4. The zero-order chi connectivity index (χ0) is 15.8. The van der Waals surface area contributed by atoms with E-state index >= 15 is 0 Å². The first kappa shape index (κ1) is 13.6. The number of fused-ring (bicyclic) bond motifs is 1. The molecule has 4 rings (SSSR count). The number of hydrogen-bond donors (Lipinski definition) is 0. The van der Waals surface area contributed by atoms with Gasteiger partial charge in [0.2, 0.25) is 6.79 Å². The van der Waals surface area contributed by atoms with Crippen LogP contribution in [0, 0.1) is 0 Å². The molecule has 0 radical (unpaired) electrons. The SMILES string of the molecule is O=C1OC(=O)C(c2ccc3c(c2)OCO3)=C1Cc1ccccc1. The first-order valence-corrected chi connectivity index (χ1v) is 7.16. The minimum atomic E-state index is -0.625. The lowest BCUT2D eigenvalue weighted by Gasteiger charge is -2.04. The zero-order valence-electron chi connectivity index (χ0n) is 12.1. The lowest BCUT2D eigenvalue weighted by Crippen LogP contribution is -2.03. The van der Waals surface area contributed by atoms with Gasteiger partial charge < -0.3 is 14.2 Å². The molecule has 0 aliphatic carbocycles. The van der Waals surface area contributed by atoms with Crippen LogP contribution in [0.5, 0.6) is 11.5 Å². The Morgan fingerprint density at radius 3 is 2.48 bits per heavy atom. The molecule has 0 saturated heterocycles. The van der Waals surface area contributed by atoms with E-state index in [0.717, 1.165) is 5.56 Å². The van der Waals surface area contributed by atoms with Crippen molar-refractivity contribution in [3.8, 4) is 11.5 Å². The molecule has 0 atom stereocenters. The number of ether oxygens (including phenoxy) is 3. The van der Waals surface area contributed by atoms with Gasteiger partial charge >= 0.3 is 11.9 Å². The number of hydrogen-bond acceptors (Lipinski definition) is 5. The van der Waals surface area contributed by atoms with Gasteiger partial charge in [0.1, 0.15) is 0 Å². The van der Waals surface area contributed by atoms with Gasteiger partial charge in [0.25, 0.3) is 0 Å². The van der Waals surface area contributed by atoms with Gasteiger partial charge in [0, 0.05) is 6.42 Å². The summed E-state index contributed by atoms with van der Waals surface area (Å²) >= 11 is 0. The molecule has 23 heavy (non-hydrogen) atoms. The lowest BCUT2D eigenvalue weighted by molar-refractivity contribution is -0.150. The molecular formula is C18H12O5. The van der Waals surface area contributed by atoms with Crippen molar-refractivity contribution in [1.29, 1.82) is 0 Å². The molecule has 114 valence electrons. The van der Waals surface area contributed by atoms with Gasteiger partial charge in [-0.3, -0.25) is 0 Å². The summed E-state index contributed by atoms with van der Waals surface area (Å²) in [4.78, 5) is 24.2. The number of benzene rings is 2. The summed E-state index contributed by atoms with van der Waals surface area (Å²) in [5.74, 6) is -0.0378. The maximum Gasteiger partial charge on any atom is 0.347 e. The van der Waals surface area contributed by atoms with E-state index in [1.165, 1.54) is 0 Å². The molecule has 2 heterocycles. The second kappa shape index (κ2) is 5.28. The maximum absolute atomic E-state index is 12.1. The Hall–Kier alpha value is -3.08. The van der Waals surface area contributed by atoms with Gasteiger partial charge in [0.15, 0.2) is 11.5 Å². The van der Waals surface area contributed by atoms with Crippen molar-refractivity contribution in [1.82, 2.24) is 0 Å². The van der Waals surface area contributed by atoms with E-state index in [1.54, 1.807) is 18.2 Å². The van der Waals surface area contributed by atoms with Crippen molar-refractivity contribution < 1.29 is 23.8 Å². The van der Waals surface area contributed by atoms with E-state index in [-0.39, 0.29) is 12.4 Å². The van der Waals surface area contributed by atoms with Gasteiger partial charge in [-0.2, -0.15) is 0 Å². The Morgan fingerprint density at radius 2 is 1.65 bits per heavy atom. The van der Waals surface area contributed by atoms with Crippen molar-refractivity contribution in [2.45, 2.75) is 6.42 Å². The van der Waals surface area contributed by atoms with Gasteiger partial charge in [0.05, 0.1) is 11.1 Å². The fourth-order valence-electron chi connectivity index (χ4n) is 2.73. The summed E-state index contributed by atoms with van der Waals surface area (Å²) in [5.41, 5.74) is 2.18. The fourth-order valence-corrected chi connectivity index (χ4v) is 2.73. The van der Waals surface area contributed by atoms with Crippen LogP contribution >= 0.6 is 0 Å². The smallest absolute Gasteiger partial charge is 0.347 e. The van der Waals surface area contributed by atoms with Crippen LogP contribution < -0.4 is 9.47 Å². The second-order valence-corrected chi connectivity index (χ2v) is 5.26. The third kappa shape index (κ3) is 2.36. The third-order valence-corrected chi connectivity index (χ3v) is 3.82. The van der Waals surface area contributed by atoms with Crippen molar-refractivity contribution in [3.63, 3.8) is 0 Å². The minimum Gasteiger partial charge on any atom is -0.454 e. The topological polar surface area (TPSA) is 61.8 Å². The number of cyclic esters (lactones) is 2. The minimum absolute atomic E-state index is 0.151. The van der Waals surface area contributed by atoms with Crippen LogP contribution in [0.15, 0.2) is 54.1 Å². The number of carbonyl (C=O) groups excluding carboxylic acids is 2. The van der Waals surface area contributed by atoms with E-state index in [9.17, 15) is 9.59 Å². The van der Waals surface area contributed by atoms with Crippen LogP contribution in [-0.4, -0.2) is 18.7 Å². The molecule has 0 spiro atoms. The van der Waals surface area contributed by atoms with Crippen LogP contribution in [0.25, 0.3) is 5.57 Å². The molecule has 0 saturated carbocycles. The van der Waals surface area contributed by atoms with Gasteiger partial charge in [-0.15, -0.1) is 0 Å². The van der Waals surface area contributed by atoms with Gasteiger partial charge in [-0.05, 0) is 23.3 Å². The van der Waals surface area contributed by atoms with Crippen LogP contribution in [0.1, 0.15) is 11.1 Å². The van der Waals surface area contributed by atoms with Crippen molar-refractivity contribution in [2.75, 3.05) is 6.79 Å². The summed E-state index contributed by atoms with van der Waals surface area (Å²) in [6, 6.07) is 14.6. The van der Waals surface area contributed by atoms with Crippen LogP contribution in [-0.2, 0) is 20.7 Å². The highest BCUT2D eigenvalue weighted by Gasteiger charge is 2.34. The Bertz CT molecular complexity index is 836. The fraction of sp³-hybridized carbons (Fsp3) is 0.111. The predicted octanol–water partition coefficient (Wildman–Crippen LogP) is 2.50. The molecule has 2 aliphatic heterocycles. The number of esters is 2. The van der Waals surface area contributed by atoms with E-state index in [4.69, 9.17) is 14.2 Å². The van der Waals surface area contributed by atoms with Crippen molar-refractivity contribution in [2.24, 2.45) is 0 Å². The summed E-state index contributed by atoms with van der Waals surface area (Å²) in [5, 5.41) is 0. The lowest BCUT2D eigenvalue weighted by atomic mass is 9.96. The molecule has 5 heteroatoms. The van der Waals surface area contributed by atoms with Crippen LogP contribution in [0.3, 0.4) is 0 Å². The Labute approximate surface area is 132 Å². The molecule has 0 amide bonds.